The Hall–Kier alpha value is -1.88. The van der Waals surface area contributed by atoms with E-state index in [0.717, 1.165) is 0 Å². The fraction of sp³-hybridized carbons (Fsp3) is 0.385. The number of aliphatic carboxylic acids is 1. The average molecular weight is 250 g/mol. The molecule has 0 aliphatic rings. The minimum atomic E-state index is -1.22. The summed E-state index contributed by atoms with van der Waals surface area (Å²) in [5.41, 5.74) is 5.50. The van der Waals surface area contributed by atoms with Crippen LogP contribution in [-0.4, -0.2) is 35.0 Å². The number of rotatable bonds is 5. The highest BCUT2D eigenvalue weighted by atomic mass is 16.4. The second-order valence-corrected chi connectivity index (χ2v) is 4.28. The normalized spacial score (nSPS) is 13.7. The van der Waals surface area contributed by atoms with E-state index in [9.17, 15) is 9.59 Å². The van der Waals surface area contributed by atoms with Crippen molar-refractivity contribution in [1.29, 1.82) is 0 Å². The molecule has 0 radical (unpaired) electrons. The highest BCUT2D eigenvalue weighted by Crippen LogP contribution is 2.20. The monoisotopic (exact) mass is 250 g/mol. The summed E-state index contributed by atoms with van der Waals surface area (Å²) in [5, 5.41) is 8.77. The highest BCUT2D eigenvalue weighted by Gasteiger charge is 2.34. The van der Waals surface area contributed by atoms with Gasteiger partial charge in [-0.3, -0.25) is 9.59 Å². The Morgan fingerprint density at radius 3 is 2.33 bits per heavy atom. The van der Waals surface area contributed by atoms with Gasteiger partial charge in [-0.25, -0.2) is 0 Å². The van der Waals surface area contributed by atoms with Gasteiger partial charge < -0.3 is 15.7 Å². The molecule has 0 heterocycles. The highest BCUT2D eigenvalue weighted by molar-refractivity contribution is 5.89. The van der Waals surface area contributed by atoms with Crippen LogP contribution in [0, 0.1) is 0 Å². The number of hydrogen-bond acceptors (Lipinski definition) is 3. The lowest BCUT2D eigenvalue weighted by molar-refractivity contribution is -0.146. The van der Waals surface area contributed by atoms with E-state index >= 15 is 0 Å². The van der Waals surface area contributed by atoms with Crippen LogP contribution in [0.15, 0.2) is 30.3 Å². The van der Waals surface area contributed by atoms with Gasteiger partial charge in [0.2, 0.25) is 5.91 Å². The fourth-order valence-electron chi connectivity index (χ4n) is 1.73. The van der Waals surface area contributed by atoms with Gasteiger partial charge >= 0.3 is 5.97 Å². The quantitative estimate of drug-likeness (QED) is 0.809. The summed E-state index contributed by atoms with van der Waals surface area (Å²) in [6.45, 7) is 3.29. The van der Waals surface area contributed by atoms with E-state index in [1.807, 2.05) is 6.07 Å². The van der Waals surface area contributed by atoms with Crippen LogP contribution < -0.4 is 5.73 Å². The molecule has 18 heavy (non-hydrogen) atoms. The maximum Gasteiger partial charge on any atom is 0.323 e. The van der Waals surface area contributed by atoms with E-state index in [1.54, 1.807) is 38.1 Å². The summed E-state index contributed by atoms with van der Waals surface area (Å²) in [7, 11) is 0. The van der Waals surface area contributed by atoms with Gasteiger partial charge in [0.1, 0.15) is 12.1 Å². The number of benzene rings is 1. The Balaban J connectivity index is 2.97. The van der Waals surface area contributed by atoms with Crippen LogP contribution in [-0.2, 0) is 15.1 Å². The number of likely N-dealkylation sites (N-methyl/N-ethyl adjacent to an activating group) is 1. The molecule has 1 aromatic carbocycles. The molecule has 1 atom stereocenters. The molecule has 5 nitrogen and oxygen atoms in total. The van der Waals surface area contributed by atoms with Crippen LogP contribution in [0.25, 0.3) is 0 Å². The minimum absolute atomic E-state index is 0.310. The van der Waals surface area contributed by atoms with Crippen molar-refractivity contribution in [2.45, 2.75) is 19.4 Å². The Morgan fingerprint density at radius 1 is 1.33 bits per heavy atom. The molecule has 0 aromatic heterocycles. The van der Waals surface area contributed by atoms with Crippen molar-refractivity contribution in [2.24, 2.45) is 5.73 Å². The first-order valence-corrected chi connectivity index (χ1v) is 5.75. The van der Waals surface area contributed by atoms with E-state index in [0.29, 0.717) is 12.1 Å². The third kappa shape index (κ3) is 3.07. The van der Waals surface area contributed by atoms with Gasteiger partial charge in [0, 0.05) is 6.54 Å². The summed E-state index contributed by atoms with van der Waals surface area (Å²) < 4.78 is 0. The van der Waals surface area contributed by atoms with E-state index in [4.69, 9.17) is 10.8 Å². The van der Waals surface area contributed by atoms with E-state index in [2.05, 4.69) is 0 Å². The molecule has 98 valence electrons. The largest absolute Gasteiger partial charge is 0.480 e. The van der Waals surface area contributed by atoms with Crippen LogP contribution >= 0.6 is 0 Å². The summed E-state index contributed by atoms with van der Waals surface area (Å²) in [6, 6.07) is 8.93. The number of carbonyl (C=O) groups is 2. The van der Waals surface area contributed by atoms with Crippen molar-refractivity contribution in [3.05, 3.63) is 35.9 Å². The second kappa shape index (κ2) is 5.64. The topological polar surface area (TPSA) is 83.6 Å². The number of carboxylic acid groups (broad SMARTS) is 1. The molecule has 0 aliphatic heterocycles. The van der Waals surface area contributed by atoms with Crippen LogP contribution in [0.3, 0.4) is 0 Å². The molecule has 3 N–H and O–H groups in total. The Morgan fingerprint density at radius 2 is 1.89 bits per heavy atom. The number of carboxylic acids is 1. The number of hydrogen-bond donors (Lipinski definition) is 2. The lowest BCUT2D eigenvalue weighted by Gasteiger charge is -2.30. The molecule has 0 fully saturated rings. The van der Waals surface area contributed by atoms with Gasteiger partial charge in [-0.2, -0.15) is 0 Å². The van der Waals surface area contributed by atoms with Crippen molar-refractivity contribution < 1.29 is 14.7 Å². The van der Waals surface area contributed by atoms with Crippen LogP contribution in [0.5, 0.6) is 0 Å². The first kappa shape index (κ1) is 14.2. The standard InChI is InChI=1S/C13H18N2O3/c1-3-15(9-11(16)17)12(18)13(2,14)10-7-5-4-6-8-10/h4-8H,3,9,14H2,1-2H3,(H,16,17). The van der Waals surface area contributed by atoms with Gasteiger partial charge in [-0.1, -0.05) is 30.3 Å². The fourth-order valence-corrected chi connectivity index (χ4v) is 1.73. The maximum atomic E-state index is 12.3. The minimum Gasteiger partial charge on any atom is -0.480 e. The Kier molecular flexibility index (Phi) is 4.44. The zero-order valence-electron chi connectivity index (χ0n) is 10.6. The molecular formula is C13H18N2O3. The van der Waals surface area contributed by atoms with Gasteiger partial charge in [-0.15, -0.1) is 0 Å². The molecule has 5 heteroatoms. The summed E-state index contributed by atoms with van der Waals surface area (Å²) in [4.78, 5) is 24.2. The number of nitrogens with zero attached hydrogens (tertiary/aromatic N) is 1. The first-order valence-electron chi connectivity index (χ1n) is 5.75. The van der Waals surface area contributed by atoms with Crippen molar-refractivity contribution in [3.63, 3.8) is 0 Å². The average Bonchev–Trinajstić information content (AvgIpc) is 2.36. The van der Waals surface area contributed by atoms with Crippen molar-refractivity contribution >= 4 is 11.9 Å². The molecular weight excluding hydrogens is 232 g/mol. The predicted molar refractivity (Wildman–Crippen MR) is 67.9 cm³/mol. The Labute approximate surface area is 106 Å². The zero-order chi connectivity index (χ0) is 13.8. The second-order valence-electron chi connectivity index (χ2n) is 4.28. The van der Waals surface area contributed by atoms with Crippen LogP contribution in [0.2, 0.25) is 0 Å². The van der Waals surface area contributed by atoms with E-state index in [-0.39, 0.29) is 6.54 Å². The van der Waals surface area contributed by atoms with E-state index in [1.165, 1.54) is 4.90 Å². The summed E-state index contributed by atoms with van der Waals surface area (Å²) in [5.74, 6) is -1.44. The van der Waals surface area contributed by atoms with E-state index < -0.39 is 17.4 Å². The SMILES string of the molecule is CCN(CC(=O)O)C(=O)C(C)(N)c1ccccc1. The molecule has 1 unspecified atom stereocenters. The van der Waals surface area contributed by atoms with Gasteiger partial charge in [0.05, 0.1) is 0 Å². The maximum absolute atomic E-state index is 12.3. The summed E-state index contributed by atoms with van der Waals surface area (Å²) in [6.07, 6.45) is 0. The van der Waals surface area contributed by atoms with Crippen molar-refractivity contribution in [2.75, 3.05) is 13.1 Å². The molecule has 1 rings (SSSR count). The lowest BCUT2D eigenvalue weighted by Crippen LogP contribution is -2.52. The Bertz CT molecular complexity index is 429. The van der Waals surface area contributed by atoms with Crippen molar-refractivity contribution in [1.82, 2.24) is 4.90 Å². The molecule has 1 aromatic rings. The smallest absolute Gasteiger partial charge is 0.323 e. The third-order valence-corrected chi connectivity index (χ3v) is 2.81. The number of carbonyl (C=O) groups excluding carboxylic acids is 1. The molecule has 0 saturated heterocycles. The first-order chi connectivity index (χ1) is 8.39. The van der Waals surface area contributed by atoms with Crippen LogP contribution in [0.4, 0.5) is 0 Å². The molecule has 0 aliphatic carbocycles. The number of nitrogens with two attached hydrogens (primary N) is 1. The lowest BCUT2D eigenvalue weighted by atomic mass is 9.91. The molecule has 0 saturated carbocycles. The molecule has 1 amide bonds. The van der Waals surface area contributed by atoms with Gasteiger partial charge in [-0.05, 0) is 19.4 Å². The third-order valence-electron chi connectivity index (χ3n) is 2.81. The summed E-state index contributed by atoms with van der Waals surface area (Å²) >= 11 is 0. The predicted octanol–water partition coefficient (Wildman–Crippen LogP) is 0.794. The van der Waals surface area contributed by atoms with Crippen LogP contribution in [0.1, 0.15) is 19.4 Å². The number of amides is 1. The molecule has 0 bridgehead atoms. The molecule has 0 spiro atoms. The van der Waals surface area contributed by atoms with Gasteiger partial charge in [0.25, 0.3) is 0 Å². The van der Waals surface area contributed by atoms with Gasteiger partial charge in [0.15, 0.2) is 0 Å². The zero-order valence-corrected chi connectivity index (χ0v) is 10.6. The van der Waals surface area contributed by atoms with Crippen molar-refractivity contribution in [3.8, 4) is 0 Å².